The van der Waals surface area contributed by atoms with Crippen LogP contribution in [-0.2, 0) is 14.8 Å². The lowest BCUT2D eigenvalue weighted by Crippen LogP contribution is -2.39. The Morgan fingerprint density at radius 2 is 1.84 bits per heavy atom. The summed E-state index contributed by atoms with van der Waals surface area (Å²) in [6.45, 7) is 3.30. The minimum atomic E-state index is -3.70. The Hall–Kier alpha value is -1.64. The average Bonchev–Trinajstić information content (AvgIpc) is 2.36. The van der Waals surface area contributed by atoms with Gasteiger partial charge >= 0.3 is 0 Å². The first-order valence-electron chi connectivity index (χ1n) is 5.71. The number of amides is 1. The Kier molecular flexibility index (Phi) is 5.28. The number of carbonyl (C=O) groups is 1. The normalized spacial score (nSPS) is 11.4. The van der Waals surface area contributed by atoms with Crippen LogP contribution in [0.3, 0.4) is 0 Å². The standard InChI is InChI=1S/C11H18N4O3S/c1-8(2)14-11(16)7-13-19(17,18)10-5-3-9(15-12)4-6-10/h3-6,8,13,15H,7,12H2,1-2H3,(H,14,16). The van der Waals surface area contributed by atoms with Gasteiger partial charge in [0.25, 0.3) is 0 Å². The van der Waals surface area contributed by atoms with Crippen LogP contribution in [0.4, 0.5) is 5.69 Å². The van der Waals surface area contributed by atoms with E-state index < -0.39 is 10.0 Å². The van der Waals surface area contributed by atoms with Crippen molar-refractivity contribution in [3.63, 3.8) is 0 Å². The number of nitrogens with one attached hydrogen (secondary N) is 3. The maximum Gasteiger partial charge on any atom is 0.241 e. The molecule has 106 valence electrons. The zero-order valence-corrected chi connectivity index (χ0v) is 11.6. The number of sulfonamides is 1. The first-order valence-corrected chi connectivity index (χ1v) is 7.19. The zero-order valence-electron chi connectivity index (χ0n) is 10.8. The lowest BCUT2D eigenvalue weighted by molar-refractivity contribution is -0.120. The van der Waals surface area contributed by atoms with Gasteiger partial charge in [-0.3, -0.25) is 10.6 Å². The number of benzene rings is 1. The lowest BCUT2D eigenvalue weighted by Gasteiger charge is -2.10. The van der Waals surface area contributed by atoms with E-state index >= 15 is 0 Å². The van der Waals surface area contributed by atoms with Crippen molar-refractivity contribution in [2.45, 2.75) is 24.8 Å². The maximum atomic E-state index is 11.9. The molecule has 0 aliphatic carbocycles. The molecule has 0 unspecified atom stereocenters. The molecular formula is C11H18N4O3S. The van der Waals surface area contributed by atoms with Crippen molar-refractivity contribution in [3.8, 4) is 0 Å². The first-order chi connectivity index (χ1) is 8.85. The smallest absolute Gasteiger partial charge is 0.241 e. The first kappa shape index (κ1) is 15.4. The van der Waals surface area contributed by atoms with Gasteiger partial charge in [0.1, 0.15) is 0 Å². The Morgan fingerprint density at radius 3 is 2.32 bits per heavy atom. The number of hydrogen-bond donors (Lipinski definition) is 4. The van der Waals surface area contributed by atoms with Gasteiger partial charge in [-0.1, -0.05) is 0 Å². The molecule has 7 nitrogen and oxygen atoms in total. The lowest BCUT2D eigenvalue weighted by atomic mass is 10.3. The van der Waals surface area contributed by atoms with Crippen molar-refractivity contribution in [3.05, 3.63) is 24.3 Å². The third-order valence-electron chi connectivity index (χ3n) is 2.20. The van der Waals surface area contributed by atoms with Crippen LogP contribution in [0.15, 0.2) is 29.2 Å². The molecule has 1 rings (SSSR count). The summed E-state index contributed by atoms with van der Waals surface area (Å²) in [4.78, 5) is 11.4. The number of rotatable bonds is 6. The largest absolute Gasteiger partial charge is 0.353 e. The van der Waals surface area contributed by atoms with Gasteiger partial charge in [0.2, 0.25) is 15.9 Å². The molecule has 0 saturated heterocycles. The Labute approximate surface area is 112 Å². The number of anilines is 1. The third-order valence-corrected chi connectivity index (χ3v) is 3.62. The van der Waals surface area contributed by atoms with Gasteiger partial charge in [-0.05, 0) is 38.1 Å². The molecule has 0 fully saturated rings. The summed E-state index contributed by atoms with van der Waals surface area (Å²) in [5.74, 6) is 4.81. The van der Waals surface area contributed by atoms with Gasteiger partial charge in [-0.2, -0.15) is 0 Å². The Balaban J connectivity index is 2.67. The highest BCUT2D eigenvalue weighted by Crippen LogP contribution is 2.12. The van der Waals surface area contributed by atoms with Crippen LogP contribution in [-0.4, -0.2) is 26.9 Å². The fourth-order valence-electron chi connectivity index (χ4n) is 1.35. The highest BCUT2D eigenvalue weighted by molar-refractivity contribution is 7.89. The van der Waals surface area contributed by atoms with E-state index in [1.165, 1.54) is 24.3 Å². The maximum absolute atomic E-state index is 11.9. The number of nitrogens with two attached hydrogens (primary N) is 1. The molecule has 1 aromatic rings. The van der Waals surface area contributed by atoms with E-state index in [9.17, 15) is 13.2 Å². The molecule has 0 aliphatic rings. The highest BCUT2D eigenvalue weighted by atomic mass is 32.2. The zero-order chi connectivity index (χ0) is 14.5. The molecule has 8 heteroatoms. The van der Waals surface area contributed by atoms with Gasteiger partial charge < -0.3 is 10.7 Å². The van der Waals surface area contributed by atoms with Crippen LogP contribution in [0.25, 0.3) is 0 Å². The molecule has 0 spiro atoms. The second-order valence-corrected chi connectivity index (χ2v) is 5.98. The molecule has 0 bridgehead atoms. The van der Waals surface area contributed by atoms with E-state index in [0.717, 1.165) is 0 Å². The molecular weight excluding hydrogens is 268 g/mol. The summed E-state index contributed by atoms with van der Waals surface area (Å²) in [5.41, 5.74) is 2.99. The molecule has 0 aromatic heterocycles. The van der Waals surface area contributed by atoms with Gasteiger partial charge in [-0.15, -0.1) is 0 Å². The van der Waals surface area contributed by atoms with Crippen molar-refractivity contribution in [1.29, 1.82) is 0 Å². The van der Waals surface area contributed by atoms with E-state index in [2.05, 4.69) is 15.5 Å². The van der Waals surface area contributed by atoms with Crippen molar-refractivity contribution in [2.24, 2.45) is 5.84 Å². The van der Waals surface area contributed by atoms with Crippen LogP contribution >= 0.6 is 0 Å². The molecule has 1 aromatic carbocycles. The van der Waals surface area contributed by atoms with Gasteiger partial charge in [-0.25, -0.2) is 13.1 Å². The number of nitrogen functional groups attached to an aromatic ring is 1. The topological polar surface area (TPSA) is 113 Å². The molecule has 0 saturated carbocycles. The Morgan fingerprint density at radius 1 is 1.26 bits per heavy atom. The predicted molar refractivity (Wildman–Crippen MR) is 72.7 cm³/mol. The summed E-state index contributed by atoms with van der Waals surface area (Å²) in [6, 6.07) is 5.83. The van der Waals surface area contributed by atoms with Crippen molar-refractivity contribution < 1.29 is 13.2 Å². The van der Waals surface area contributed by atoms with E-state index in [-0.39, 0.29) is 23.4 Å². The number of carbonyl (C=O) groups excluding carboxylic acids is 1. The molecule has 0 heterocycles. The second kappa shape index (κ2) is 6.50. The molecule has 5 N–H and O–H groups in total. The van der Waals surface area contributed by atoms with E-state index in [1.54, 1.807) is 13.8 Å². The summed E-state index contributed by atoms with van der Waals surface area (Å²) >= 11 is 0. The number of hydrogen-bond acceptors (Lipinski definition) is 5. The van der Waals surface area contributed by atoms with E-state index in [1.807, 2.05) is 0 Å². The van der Waals surface area contributed by atoms with Crippen LogP contribution < -0.4 is 21.3 Å². The highest BCUT2D eigenvalue weighted by Gasteiger charge is 2.15. The fraction of sp³-hybridized carbons (Fsp3) is 0.364. The fourth-order valence-corrected chi connectivity index (χ4v) is 2.33. The Bertz CT molecular complexity index is 525. The summed E-state index contributed by atoms with van der Waals surface area (Å²) in [7, 11) is -3.70. The second-order valence-electron chi connectivity index (χ2n) is 4.22. The monoisotopic (exact) mass is 286 g/mol. The molecule has 0 atom stereocenters. The van der Waals surface area contributed by atoms with Crippen LogP contribution in [0.1, 0.15) is 13.8 Å². The van der Waals surface area contributed by atoms with Gasteiger partial charge in [0, 0.05) is 11.7 Å². The summed E-state index contributed by atoms with van der Waals surface area (Å²) in [6.07, 6.45) is 0. The SMILES string of the molecule is CC(C)NC(=O)CNS(=O)(=O)c1ccc(NN)cc1. The van der Waals surface area contributed by atoms with E-state index in [4.69, 9.17) is 5.84 Å². The molecule has 0 aliphatic heterocycles. The molecule has 0 radical (unpaired) electrons. The van der Waals surface area contributed by atoms with Crippen LogP contribution in [0.2, 0.25) is 0 Å². The van der Waals surface area contributed by atoms with Crippen molar-refractivity contribution in [2.75, 3.05) is 12.0 Å². The molecule has 1 amide bonds. The van der Waals surface area contributed by atoms with Gasteiger partial charge in [0.15, 0.2) is 0 Å². The summed E-state index contributed by atoms with van der Waals surface area (Å²) in [5, 5.41) is 2.59. The quantitative estimate of drug-likeness (QED) is 0.426. The number of hydrazine groups is 1. The van der Waals surface area contributed by atoms with Gasteiger partial charge in [0.05, 0.1) is 11.4 Å². The average molecular weight is 286 g/mol. The minimum Gasteiger partial charge on any atom is -0.353 e. The molecule has 19 heavy (non-hydrogen) atoms. The van der Waals surface area contributed by atoms with Crippen molar-refractivity contribution in [1.82, 2.24) is 10.0 Å². The van der Waals surface area contributed by atoms with Crippen molar-refractivity contribution >= 4 is 21.6 Å². The van der Waals surface area contributed by atoms with E-state index in [0.29, 0.717) is 5.69 Å². The van der Waals surface area contributed by atoms with Crippen LogP contribution in [0, 0.1) is 0 Å². The predicted octanol–water partition coefficient (Wildman–Crippen LogP) is -0.225. The summed E-state index contributed by atoms with van der Waals surface area (Å²) < 4.78 is 26.0. The minimum absolute atomic E-state index is 0.0353. The third kappa shape index (κ3) is 4.86. The van der Waals surface area contributed by atoms with Crippen LogP contribution in [0.5, 0.6) is 0 Å².